The molecule has 2 heterocycles. The van der Waals surface area contributed by atoms with Crippen molar-refractivity contribution in [3.8, 4) is 0 Å². The minimum atomic E-state index is 0.401. The number of nitrogens with zero attached hydrogens (tertiary/aromatic N) is 3. The monoisotopic (exact) mass is 246 g/mol. The second-order valence-electron chi connectivity index (χ2n) is 5.00. The topological polar surface area (TPSA) is 58.5 Å². The van der Waals surface area contributed by atoms with Crippen LogP contribution in [0.1, 0.15) is 6.92 Å². The zero-order chi connectivity index (χ0) is 12.7. The molecule has 1 fully saturated rings. The Morgan fingerprint density at radius 3 is 2.94 bits per heavy atom. The average Bonchev–Trinajstić information content (AvgIpc) is 2.74. The van der Waals surface area contributed by atoms with Crippen LogP contribution in [-0.4, -0.2) is 42.6 Å². The molecule has 1 aromatic carbocycles. The van der Waals surface area contributed by atoms with Crippen LogP contribution in [0, 0.1) is 0 Å². The predicted octanol–water partition coefficient (Wildman–Crippen LogP) is 1.55. The summed E-state index contributed by atoms with van der Waals surface area (Å²) in [6, 6.07) is 6.73. The number of oxazole rings is 1. The Kier molecular flexibility index (Phi) is 2.63. The predicted molar refractivity (Wildman–Crippen MR) is 72.7 cm³/mol. The minimum absolute atomic E-state index is 0.401. The molecule has 96 valence electrons. The zero-order valence-electron chi connectivity index (χ0n) is 10.8. The second kappa shape index (κ2) is 4.17. The number of hydrogen-bond donors (Lipinski definition) is 1. The molecule has 2 N–H and O–H groups in total. The van der Waals surface area contributed by atoms with Gasteiger partial charge in [-0.25, -0.2) is 0 Å². The van der Waals surface area contributed by atoms with Crippen LogP contribution in [0.2, 0.25) is 0 Å². The fraction of sp³-hybridized carbons (Fsp3) is 0.462. The van der Waals surface area contributed by atoms with E-state index in [1.807, 2.05) is 18.2 Å². The number of piperazine rings is 1. The SMILES string of the molecule is CC1CN(C)CCN1c1nc2c(N)cccc2o1. The summed E-state index contributed by atoms with van der Waals surface area (Å²) in [5.74, 6) is 0. The van der Waals surface area contributed by atoms with Gasteiger partial charge in [0.05, 0.1) is 5.69 Å². The van der Waals surface area contributed by atoms with Crippen LogP contribution in [0.5, 0.6) is 0 Å². The molecule has 1 saturated heterocycles. The van der Waals surface area contributed by atoms with Crippen LogP contribution in [0.4, 0.5) is 11.7 Å². The third kappa shape index (κ3) is 1.80. The van der Waals surface area contributed by atoms with E-state index in [4.69, 9.17) is 10.2 Å². The largest absolute Gasteiger partial charge is 0.423 e. The Hall–Kier alpha value is -1.75. The number of nitrogen functional groups attached to an aromatic ring is 1. The van der Waals surface area contributed by atoms with Gasteiger partial charge < -0.3 is 20.0 Å². The first-order valence-corrected chi connectivity index (χ1v) is 6.25. The van der Waals surface area contributed by atoms with Crippen molar-refractivity contribution in [1.29, 1.82) is 0 Å². The summed E-state index contributed by atoms with van der Waals surface area (Å²) in [5, 5.41) is 0. The minimum Gasteiger partial charge on any atom is -0.423 e. The van der Waals surface area contributed by atoms with Crippen molar-refractivity contribution < 1.29 is 4.42 Å². The van der Waals surface area contributed by atoms with E-state index >= 15 is 0 Å². The molecule has 0 spiro atoms. The summed E-state index contributed by atoms with van der Waals surface area (Å²) in [6.45, 7) is 5.17. The Morgan fingerprint density at radius 1 is 1.39 bits per heavy atom. The molecule has 0 bridgehead atoms. The van der Waals surface area contributed by atoms with Gasteiger partial charge in [-0.15, -0.1) is 0 Å². The van der Waals surface area contributed by atoms with Gasteiger partial charge in [0.25, 0.3) is 6.01 Å². The Labute approximate surface area is 106 Å². The smallest absolute Gasteiger partial charge is 0.298 e. The van der Waals surface area contributed by atoms with Crippen LogP contribution >= 0.6 is 0 Å². The van der Waals surface area contributed by atoms with E-state index in [9.17, 15) is 0 Å². The van der Waals surface area contributed by atoms with Crippen molar-refractivity contribution in [2.45, 2.75) is 13.0 Å². The van der Waals surface area contributed by atoms with E-state index in [2.05, 4.69) is 28.8 Å². The first-order valence-electron chi connectivity index (χ1n) is 6.25. The molecule has 5 heteroatoms. The standard InChI is InChI=1S/C13H18N4O/c1-9-8-16(2)6-7-17(9)13-15-12-10(14)4-3-5-11(12)18-13/h3-5,9H,6-8,14H2,1-2H3. The lowest BCUT2D eigenvalue weighted by molar-refractivity contribution is 0.268. The van der Waals surface area contributed by atoms with Gasteiger partial charge in [-0.1, -0.05) is 6.07 Å². The number of likely N-dealkylation sites (N-methyl/N-ethyl adjacent to an activating group) is 1. The van der Waals surface area contributed by atoms with Gasteiger partial charge in [0.2, 0.25) is 0 Å². The van der Waals surface area contributed by atoms with E-state index in [0.717, 1.165) is 30.7 Å². The molecule has 1 aliphatic heterocycles. The highest BCUT2D eigenvalue weighted by atomic mass is 16.4. The molecule has 1 atom stereocenters. The molecule has 18 heavy (non-hydrogen) atoms. The molecule has 1 unspecified atom stereocenters. The van der Waals surface area contributed by atoms with Gasteiger partial charge in [-0.05, 0) is 26.1 Å². The maximum absolute atomic E-state index is 5.91. The van der Waals surface area contributed by atoms with Crippen molar-refractivity contribution in [3.05, 3.63) is 18.2 Å². The highest BCUT2D eigenvalue weighted by Crippen LogP contribution is 2.27. The lowest BCUT2D eigenvalue weighted by Gasteiger charge is -2.37. The summed E-state index contributed by atoms with van der Waals surface area (Å²) in [6.07, 6.45) is 0. The zero-order valence-corrected chi connectivity index (χ0v) is 10.8. The van der Waals surface area contributed by atoms with E-state index in [-0.39, 0.29) is 0 Å². The number of rotatable bonds is 1. The highest BCUT2D eigenvalue weighted by Gasteiger charge is 2.25. The molecule has 0 saturated carbocycles. The van der Waals surface area contributed by atoms with E-state index < -0.39 is 0 Å². The molecule has 1 aromatic heterocycles. The molecule has 5 nitrogen and oxygen atoms in total. The van der Waals surface area contributed by atoms with Gasteiger partial charge in [-0.2, -0.15) is 4.98 Å². The summed E-state index contributed by atoms with van der Waals surface area (Å²) in [5.41, 5.74) is 8.10. The van der Waals surface area contributed by atoms with Gasteiger partial charge in [0.1, 0.15) is 5.52 Å². The van der Waals surface area contributed by atoms with Crippen LogP contribution in [0.3, 0.4) is 0 Å². The number of para-hydroxylation sites is 1. The van der Waals surface area contributed by atoms with Gasteiger partial charge in [0.15, 0.2) is 5.58 Å². The lowest BCUT2D eigenvalue weighted by Crippen LogP contribution is -2.50. The van der Waals surface area contributed by atoms with Crippen molar-refractivity contribution in [3.63, 3.8) is 0 Å². The maximum Gasteiger partial charge on any atom is 0.298 e. The fourth-order valence-corrected chi connectivity index (χ4v) is 2.50. The van der Waals surface area contributed by atoms with E-state index in [1.54, 1.807) is 0 Å². The van der Waals surface area contributed by atoms with E-state index in [1.165, 1.54) is 0 Å². The third-order valence-electron chi connectivity index (χ3n) is 3.52. The first kappa shape index (κ1) is 11.3. The second-order valence-corrected chi connectivity index (χ2v) is 5.00. The van der Waals surface area contributed by atoms with Gasteiger partial charge in [0, 0.05) is 25.7 Å². The Bertz CT molecular complexity index is 565. The summed E-state index contributed by atoms with van der Waals surface area (Å²) in [4.78, 5) is 9.05. The number of benzene rings is 1. The number of fused-ring (bicyclic) bond motifs is 1. The number of anilines is 2. The van der Waals surface area contributed by atoms with Crippen LogP contribution in [0.25, 0.3) is 11.1 Å². The van der Waals surface area contributed by atoms with Crippen molar-refractivity contribution in [1.82, 2.24) is 9.88 Å². The van der Waals surface area contributed by atoms with Crippen molar-refractivity contribution in [2.75, 3.05) is 37.3 Å². The van der Waals surface area contributed by atoms with Gasteiger partial charge in [-0.3, -0.25) is 0 Å². The number of aromatic nitrogens is 1. The summed E-state index contributed by atoms with van der Waals surface area (Å²) >= 11 is 0. The summed E-state index contributed by atoms with van der Waals surface area (Å²) < 4.78 is 5.81. The molecule has 0 aliphatic carbocycles. The fourth-order valence-electron chi connectivity index (χ4n) is 2.50. The molecular weight excluding hydrogens is 228 g/mol. The van der Waals surface area contributed by atoms with E-state index in [0.29, 0.717) is 17.7 Å². The number of nitrogens with two attached hydrogens (primary N) is 1. The van der Waals surface area contributed by atoms with Crippen LogP contribution in [0.15, 0.2) is 22.6 Å². The van der Waals surface area contributed by atoms with Crippen LogP contribution in [-0.2, 0) is 0 Å². The van der Waals surface area contributed by atoms with Crippen molar-refractivity contribution >= 4 is 22.8 Å². The molecule has 0 amide bonds. The Morgan fingerprint density at radius 2 is 2.22 bits per heavy atom. The highest BCUT2D eigenvalue weighted by molar-refractivity contribution is 5.86. The first-order chi connectivity index (χ1) is 8.65. The Balaban J connectivity index is 1.97. The lowest BCUT2D eigenvalue weighted by atomic mass is 10.2. The quantitative estimate of drug-likeness (QED) is 0.774. The normalized spacial score (nSPS) is 21.7. The third-order valence-corrected chi connectivity index (χ3v) is 3.52. The van der Waals surface area contributed by atoms with Gasteiger partial charge >= 0.3 is 0 Å². The van der Waals surface area contributed by atoms with Crippen LogP contribution < -0.4 is 10.6 Å². The average molecular weight is 246 g/mol. The molecule has 3 rings (SSSR count). The van der Waals surface area contributed by atoms with Crippen molar-refractivity contribution in [2.24, 2.45) is 0 Å². The molecule has 2 aromatic rings. The number of hydrogen-bond acceptors (Lipinski definition) is 5. The maximum atomic E-state index is 5.91. The molecule has 1 aliphatic rings. The molecular formula is C13H18N4O. The summed E-state index contributed by atoms with van der Waals surface area (Å²) in [7, 11) is 2.14. The molecule has 0 radical (unpaired) electrons.